The first-order chi connectivity index (χ1) is 9.49. The van der Waals surface area contributed by atoms with E-state index in [2.05, 4.69) is 20.6 Å². The van der Waals surface area contributed by atoms with Gasteiger partial charge in [0.25, 0.3) is 11.5 Å². The SMILES string of the molecule is Cc1c(C(=O)NCC(C)C)cnn1-c1ccc(=O)[nH]n1. The summed E-state index contributed by atoms with van der Waals surface area (Å²) in [5.74, 6) is 0.687. The molecule has 1 amide bonds. The first-order valence-electron chi connectivity index (χ1n) is 6.38. The molecule has 0 fully saturated rings. The van der Waals surface area contributed by atoms with Crippen molar-refractivity contribution in [1.82, 2.24) is 25.3 Å². The molecule has 0 atom stereocenters. The maximum Gasteiger partial charge on any atom is 0.264 e. The monoisotopic (exact) mass is 275 g/mol. The molecule has 106 valence electrons. The second-order valence-electron chi connectivity index (χ2n) is 4.94. The van der Waals surface area contributed by atoms with Crippen molar-refractivity contribution in [2.45, 2.75) is 20.8 Å². The molecule has 0 aliphatic rings. The van der Waals surface area contributed by atoms with Crippen LogP contribution in [0.3, 0.4) is 0 Å². The lowest BCUT2D eigenvalue weighted by Gasteiger charge is -2.07. The van der Waals surface area contributed by atoms with Crippen LogP contribution in [0.25, 0.3) is 5.82 Å². The Kier molecular flexibility index (Phi) is 3.97. The van der Waals surface area contributed by atoms with Gasteiger partial charge in [-0.15, -0.1) is 0 Å². The number of carbonyl (C=O) groups is 1. The van der Waals surface area contributed by atoms with Gasteiger partial charge in [0, 0.05) is 12.6 Å². The number of aromatic amines is 1. The second kappa shape index (κ2) is 5.68. The van der Waals surface area contributed by atoms with E-state index < -0.39 is 0 Å². The van der Waals surface area contributed by atoms with Crippen molar-refractivity contribution in [1.29, 1.82) is 0 Å². The van der Waals surface area contributed by atoms with Gasteiger partial charge in [0.05, 0.1) is 17.5 Å². The fraction of sp³-hybridized carbons (Fsp3) is 0.385. The van der Waals surface area contributed by atoms with Crippen molar-refractivity contribution in [2.75, 3.05) is 6.54 Å². The number of hydrogen-bond acceptors (Lipinski definition) is 4. The minimum absolute atomic E-state index is 0.160. The van der Waals surface area contributed by atoms with Crippen LogP contribution >= 0.6 is 0 Å². The molecule has 2 heterocycles. The van der Waals surface area contributed by atoms with Crippen molar-refractivity contribution >= 4 is 5.91 Å². The Balaban J connectivity index is 2.24. The Bertz CT molecular complexity index is 651. The van der Waals surface area contributed by atoms with Crippen LogP contribution in [0.2, 0.25) is 0 Å². The molecule has 2 aromatic rings. The molecule has 2 rings (SSSR count). The van der Waals surface area contributed by atoms with E-state index in [1.54, 1.807) is 13.0 Å². The number of H-pyrrole nitrogens is 1. The highest BCUT2D eigenvalue weighted by molar-refractivity contribution is 5.95. The van der Waals surface area contributed by atoms with Gasteiger partial charge < -0.3 is 5.32 Å². The van der Waals surface area contributed by atoms with Crippen molar-refractivity contribution in [2.24, 2.45) is 5.92 Å². The summed E-state index contributed by atoms with van der Waals surface area (Å²) < 4.78 is 1.51. The Hall–Kier alpha value is -2.44. The number of amides is 1. The average molecular weight is 275 g/mol. The molecular formula is C13H17N5O2. The van der Waals surface area contributed by atoms with Gasteiger partial charge in [0.1, 0.15) is 0 Å². The number of nitrogens with zero attached hydrogens (tertiary/aromatic N) is 3. The van der Waals surface area contributed by atoms with Crippen LogP contribution in [0.5, 0.6) is 0 Å². The third kappa shape index (κ3) is 2.93. The number of nitrogens with one attached hydrogen (secondary N) is 2. The molecule has 0 bridgehead atoms. The van der Waals surface area contributed by atoms with Gasteiger partial charge in [-0.1, -0.05) is 13.8 Å². The lowest BCUT2D eigenvalue weighted by molar-refractivity contribution is 0.0948. The fourth-order valence-electron chi connectivity index (χ4n) is 1.71. The molecule has 0 radical (unpaired) electrons. The standard InChI is InChI=1S/C13H17N5O2/c1-8(2)6-14-13(20)10-7-15-18(9(10)3)11-4-5-12(19)17-16-11/h4-5,7-8H,6H2,1-3H3,(H,14,20)(H,17,19). The zero-order valence-corrected chi connectivity index (χ0v) is 11.7. The number of rotatable bonds is 4. The van der Waals surface area contributed by atoms with Gasteiger partial charge in [0.2, 0.25) is 0 Å². The summed E-state index contributed by atoms with van der Waals surface area (Å²) in [5, 5.41) is 13.2. The predicted octanol–water partition coefficient (Wildman–Crippen LogP) is 0.650. The van der Waals surface area contributed by atoms with E-state index in [0.29, 0.717) is 29.5 Å². The van der Waals surface area contributed by atoms with Crippen LogP contribution in [-0.4, -0.2) is 32.4 Å². The van der Waals surface area contributed by atoms with E-state index in [4.69, 9.17) is 0 Å². The molecule has 0 saturated carbocycles. The Morgan fingerprint density at radius 1 is 1.45 bits per heavy atom. The molecule has 0 unspecified atom stereocenters. The quantitative estimate of drug-likeness (QED) is 0.856. The Morgan fingerprint density at radius 3 is 2.80 bits per heavy atom. The number of carbonyl (C=O) groups excluding carboxylic acids is 1. The summed E-state index contributed by atoms with van der Waals surface area (Å²) in [5.41, 5.74) is 0.887. The van der Waals surface area contributed by atoms with E-state index in [9.17, 15) is 9.59 Å². The van der Waals surface area contributed by atoms with Gasteiger partial charge in [-0.05, 0) is 18.9 Å². The van der Waals surface area contributed by atoms with Crippen molar-refractivity contribution < 1.29 is 4.79 Å². The van der Waals surface area contributed by atoms with E-state index in [1.165, 1.54) is 16.9 Å². The van der Waals surface area contributed by atoms with E-state index in [1.807, 2.05) is 13.8 Å². The van der Waals surface area contributed by atoms with Crippen LogP contribution in [0.15, 0.2) is 23.1 Å². The molecule has 2 N–H and O–H groups in total. The molecule has 0 aliphatic carbocycles. The zero-order valence-electron chi connectivity index (χ0n) is 11.7. The highest BCUT2D eigenvalue weighted by atomic mass is 16.1. The highest BCUT2D eigenvalue weighted by Crippen LogP contribution is 2.11. The normalized spacial score (nSPS) is 10.8. The first-order valence-corrected chi connectivity index (χ1v) is 6.38. The third-order valence-corrected chi connectivity index (χ3v) is 2.81. The van der Waals surface area contributed by atoms with Crippen molar-refractivity contribution in [3.63, 3.8) is 0 Å². The maximum absolute atomic E-state index is 12.0. The van der Waals surface area contributed by atoms with Crippen LogP contribution < -0.4 is 10.9 Å². The van der Waals surface area contributed by atoms with Gasteiger partial charge >= 0.3 is 0 Å². The number of hydrogen-bond donors (Lipinski definition) is 2. The molecule has 7 nitrogen and oxygen atoms in total. The summed E-state index contributed by atoms with van der Waals surface area (Å²) in [4.78, 5) is 23.0. The maximum atomic E-state index is 12.0. The molecule has 7 heteroatoms. The van der Waals surface area contributed by atoms with E-state index in [-0.39, 0.29) is 11.5 Å². The summed E-state index contributed by atoms with van der Waals surface area (Å²) in [6, 6.07) is 2.91. The van der Waals surface area contributed by atoms with Crippen LogP contribution in [0.4, 0.5) is 0 Å². The smallest absolute Gasteiger partial charge is 0.264 e. The second-order valence-corrected chi connectivity index (χ2v) is 4.94. The Morgan fingerprint density at radius 2 is 2.20 bits per heavy atom. The summed E-state index contributed by atoms with van der Waals surface area (Å²) >= 11 is 0. The average Bonchev–Trinajstić information content (AvgIpc) is 2.79. The summed E-state index contributed by atoms with van der Waals surface area (Å²) in [6.45, 7) is 6.45. The molecule has 0 aliphatic heterocycles. The first kappa shape index (κ1) is 14.0. The summed E-state index contributed by atoms with van der Waals surface area (Å²) in [6.07, 6.45) is 1.50. The van der Waals surface area contributed by atoms with Gasteiger partial charge in [-0.3, -0.25) is 9.59 Å². The largest absolute Gasteiger partial charge is 0.352 e. The molecule has 2 aromatic heterocycles. The van der Waals surface area contributed by atoms with Crippen LogP contribution in [-0.2, 0) is 0 Å². The number of aromatic nitrogens is 4. The minimum Gasteiger partial charge on any atom is -0.352 e. The molecule has 0 spiro atoms. The van der Waals surface area contributed by atoms with Crippen LogP contribution in [0.1, 0.15) is 29.9 Å². The molecule has 0 aromatic carbocycles. The topological polar surface area (TPSA) is 92.7 Å². The predicted molar refractivity (Wildman–Crippen MR) is 73.9 cm³/mol. The lowest BCUT2D eigenvalue weighted by atomic mass is 10.2. The van der Waals surface area contributed by atoms with Crippen molar-refractivity contribution in [3.05, 3.63) is 39.9 Å². The lowest BCUT2D eigenvalue weighted by Crippen LogP contribution is -2.27. The fourth-order valence-corrected chi connectivity index (χ4v) is 1.71. The third-order valence-electron chi connectivity index (χ3n) is 2.81. The summed E-state index contributed by atoms with van der Waals surface area (Å²) in [7, 11) is 0. The molecular weight excluding hydrogens is 258 g/mol. The zero-order chi connectivity index (χ0) is 14.7. The highest BCUT2D eigenvalue weighted by Gasteiger charge is 2.15. The molecule has 20 heavy (non-hydrogen) atoms. The van der Waals surface area contributed by atoms with Crippen LogP contribution in [0, 0.1) is 12.8 Å². The molecule has 0 saturated heterocycles. The van der Waals surface area contributed by atoms with E-state index >= 15 is 0 Å². The Labute approximate surface area is 116 Å². The van der Waals surface area contributed by atoms with Gasteiger partial charge in [-0.2, -0.15) is 10.2 Å². The minimum atomic E-state index is -0.284. The van der Waals surface area contributed by atoms with E-state index in [0.717, 1.165) is 0 Å². The van der Waals surface area contributed by atoms with Gasteiger partial charge in [0.15, 0.2) is 5.82 Å². The van der Waals surface area contributed by atoms with Crippen molar-refractivity contribution in [3.8, 4) is 5.82 Å². The van der Waals surface area contributed by atoms with Gasteiger partial charge in [-0.25, -0.2) is 9.78 Å².